The van der Waals surface area contributed by atoms with E-state index in [9.17, 15) is 4.79 Å². The van der Waals surface area contributed by atoms with Crippen molar-refractivity contribution in [3.8, 4) is 0 Å². The molecule has 0 saturated carbocycles. The predicted octanol–water partition coefficient (Wildman–Crippen LogP) is 0.000800. The molecule has 0 aliphatic carbocycles. The number of rotatable bonds is 5. The average molecular weight is 174 g/mol. The zero-order chi connectivity index (χ0) is 9.78. The highest BCUT2D eigenvalue weighted by Crippen LogP contribution is 2.08. The Bertz CT molecular complexity index is 159. The summed E-state index contributed by atoms with van der Waals surface area (Å²) in [6.07, 6.45) is 0.603. The zero-order valence-corrected chi connectivity index (χ0v) is 8.22. The minimum Gasteiger partial charge on any atom is -0.480 e. The van der Waals surface area contributed by atoms with E-state index < -0.39 is 11.5 Å². The fraction of sp³-hybridized carbons (Fsp3) is 0.875. The fourth-order valence-electron chi connectivity index (χ4n) is 0.786. The molecule has 0 amide bonds. The lowest BCUT2D eigenvalue weighted by Crippen LogP contribution is -2.49. The molecule has 0 radical (unpaired) electrons. The number of hydrogen-bond acceptors (Lipinski definition) is 3. The van der Waals surface area contributed by atoms with Crippen molar-refractivity contribution in [2.24, 2.45) is 0 Å². The Morgan fingerprint density at radius 3 is 2.33 bits per heavy atom. The van der Waals surface area contributed by atoms with Gasteiger partial charge in [-0.2, -0.15) is 0 Å². The second kappa shape index (κ2) is 4.42. The zero-order valence-electron chi connectivity index (χ0n) is 8.22. The molecule has 12 heavy (non-hydrogen) atoms. The van der Waals surface area contributed by atoms with E-state index in [0.717, 1.165) is 6.54 Å². The molecule has 0 fully saturated rings. The largest absolute Gasteiger partial charge is 0.480 e. The molecule has 72 valence electrons. The van der Waals surface area contributed by atoms with Crippen molar-refractivity contribution in [3.63, 3.8) is 0 Å². The van der Waals surface area contributed by atoms with Crippen molar-refractivity contribution in [2.45, 2.75) is 18.9 Å². The number of carboxylic acid groups (broad SMARTS) is 1. The molecular weight excluding hydrogens is 156 g/mol. The van der Waals surface area contributed by atoms with Crippen LogP contribution in [0.3, 0.4) is 0 Å². The van der Waals surface area contributed by atoms with Gasteiger partial charge in [-0.3, -0.25) is 4.79 Å². The summed E-state index contributed by atoms with van der Waals surface area (Å²) in [5, 5.41) is 11.7. The maximum Gasteiger partial charge on any atom is 0.323 e. The van der Waals surface area contributed by atoms with E-state index in [2.05, 4.69) is 5.32 Å². The summed E-state index contributed by atoms with van der Waals surface area (Å²) in [4.78, 5) is 12.8. The minimum atomic E-state index is -0.801. The van der Waals surface area contributed by atoms with Crippen LogP contribution >= 0.6 is 0 Å². The van der Waals surface area contributed by atoms with Gasteiger partial charge in [0.2, 0.25) is 0 Å². The van der Waals surface area contributed by atoms with Gasteiger partial charge in [0, 0.05) is 0 Å². The molecule has 0 bridgehead atoms. The Hall–Kier alpha value is -0.610. The van der Waals surface area contributed by atoms with Crippen molar-refractivity contribution in [3.05, 3.63) is 0 Å². The van der Waals surface area contributed by atoms with Crippen molar-refractivity contribution in [1.29, 1.82) is 0 Å². The van der Waals surface area contributed by atoms with Gasteiger partial charge in [0.1, 0.15) is 5.54 Å². The summed E-state index contributed by atoms with van der Waals surface area (Å²) < 4.78 is 0. The average Bonchev–Trinajstić information content (AvgIpc) is 1.99. The van der Waals surface area contributed by atoms with Crippen LogP contribution in [-0.4, -0.2) is 49.2 Å². The Balaban J connectivity index is 4.06. The first-order valence-corrected chi connectivity index (χ1v) is 3.99. The molecule has 0 aromatic rings. The van der Waals surface area contributed by atoms with Gasteiger partial charge < -0.3 is 15.3 Å². The van der Waals surface area contributed by atoms with Crippen molar-refractivity contribution < 1.29 is 9.90 Å². The summed E-state index contributed by atoms with van der Waals surface area (Å²) in [7, 11) is 5.53. The van der Waals surface area contributed by atoms with E-state index in [4.69, 9.17) is 5.11 Å². The molecule has 0 rings (SSSR count). The Kier molecular flexibility index (Phi) is 4.20. The third-order valence-corrected chi connectivity index (χ3v) is 2.08. The third kappa shape index (κ3) is 3.19. The highest BCUT2D eigenvalue weighted by Gasteiger charge is 2.30. The second-order valence-corrected chi connectivity index (χ2v) is 3.44. The molecule has 0 saturated heterocycles. The van der Waals surface area contributed by atoms with Crippen LogP contribution in [0.1, 0.15) is 13.3 Å². The van der Waals surface area contributed by atoms with Gasteiger partial charge in [-0.1, -0.05) is 0 Å². The number of nitrogens with zero attached hydrogens (tertiary/aromatic N) is 1. The van der Waals surface area contributed by atoms with E-state index >= 15 is 0 Å². The van der Waals surface area contributed by atoms with Gasteiger partial charge in [0.15, 0.2) is 0 Å². The van der Waals surface area contributed by atoms with Crippen LogP contribution in [0.15, 0.2) is 0 Å². The van der Waals surface area contributed by atoms with Crippen LogP contribution in [0.4, 0.5) is 0 Å². The van der Waals surface area contributed by atoms with Crippen LogP contribution in [0.2, 0.25) is 0 Å². The molecule has 0 aromatic carbocycles. The standard InChI is InChI=1S/C8H18N2O2/c1-8(9-2,7(11)12)5-6-10(3)4/h9H,5-6H2,1-4H3,(H,11,12). The lowest BCUT2D eigenvalue weighted by atomic mass is 9.98. The van der Waals surface area contributed by atoms with Crippen LogP contribution in [0, 0.1) is 0 Å². The van der Waals surface area contributed by atoms with E-state index in [0.29, 0.717) is 6.42 Å². The smallest absolute Gasteiger partial charge is 0.323 e. The minimum absolute atomic E-state index is 0.603. The highest BCUT2D eigenvalue weighted by molar-refractivity contribution is 5.78. The Labute approximate surface area is 73.6 Å². The van der Waals surface area contributed by atoms with Gasteiger partial charge in [-0.05, 0) is 41.0 Å². The number of nitrogens with one attached hydrogen (secondary N) is 1. The predicted molar refractivity (Wildman–Crippen MR) is 48.3 cm³/mol. The van der Waals surface area contributed by atoms with E-state index in [-0.39, 0.29) is 0 Å². The molecule has 4 heteroatoms. The number of hydrogen-bond donors (Lipinski definition) is 2. The van der Waals surface area contributed by atoms with Crippen LogP contribution in [-0.2, 0) is 4.79 Å². The first-order chi connectivity index (χ1) is 5.42. The number of carboxylic acids is 1. The SMILES string of the molecule is CNC(C)(CCN(C)C)C(=O)O. The Morgan fingerprint density at radius 1 is 1.58 bits per heavy atom. The molecule has 0 aromatic heterocycles. The number of likely N-dealkylation sites (N-methyl/N-ethyl adjacent to an activating group) is 1. The highest BCUT2D eigenvalue weighted by atomic mass is 16.4. The summed E-state index contributed by atoms with van der Waals surface area (Å²) in [6.45, 7) is 2.46. The van der Waals surface area contributed by atoms with Crippen LogP contribution in [0.5, 0.6) is 0 Å². The number of aliphatic carboxylic acids is 1. The van der Waals surface area contributed by atoms with Gasteiger partial charge in [0.05, 0.1) is 0 Å². The van der Waals surface area contributed by atoms with Gasteiger partial charge >= 0.3 is 5.97 Å². The summed E-state index contributed by atoms with van der Waals surface area (Å²) in [5.74, 6) is -0.799. The second-order valence-electron chi connectivity index (χ2n) is 3.44. The quantitative estimate of drug-likeness (QED) is 0.616. The van der Waals surface area contributed by atoms with Crippen LogP contribution < -0.4 is 5.32 Å². The van der Waals surface area contributed by atoms with Gasteiger partial charge in [-0.15, -0.1) is 0 Å². The van der Waals surface area contributed by atoms with Crippen molar-refractivity contribution >= 4 is 5.97 Å². The molecule has 0 aliphatic heterocycles. The van der Waals surface area contributed by atoms with Gasteiger partial charge in [0.25, 0.3) is 0 Å². The molecule has 0 heterocycles. The molecule has 1 unspecified atom stereocenters. The van der Waals surface area contributed by atoms with E-state index in [1.165, 1.54) is 0 Å². The summed E-state index contributed by atoms with van der Waals surface area (Å²) >= 11 is 0. The summed E-state index contributed by atoms with van der Waals surface area (Å²) in [5.41, 5.74) is -0.801. The first kappa shape index (κ1) is 11.4. The maximum atomic E-state index is 10.8. The molecule has 1 atom stereocenters. The van der Waals surface area contributed by atoms with E-state index in [1.807, 2.05) is 19.0 Å². The molecule has 0 spiro atoms. The first-order valence-electron chi connectivity index (χ1n) is 3.99. The molecule has 0 aliphatic rings. The molecular formula is C8H18N2O2. The monoisotopic (exact) mass is 174 g/mol. The van der Waals surface area contributed by atoms with Crippen LogP contribution in [0.25, 0.3) is 0 Å². The third-order valence-electron chi connectivity index (χ3n) is 2.08. The topological polar surface area (TPSA) is 52.6 Å². The van der Waals surface area contributed by atoms with Crippen molar-refractivity contribution in [1.82, 2.24) is 10.2 Å². The van der Waals surface area contributed by atoms with Gasteiger partial charge in [-0.25, -0.2) is 0 Å². The van der Waals surface area contributed by atoms with E-state index in [1.54, 1.807) is 14.0 Å². The molecule has 2 N–H and O–H groups in total. The van der Waals surface area contributed by atoms with Crippen molar-refractivity contribution in [2.75, 3.05) is 27.7 Å². The normalized spacial score (nSPS) is 16.1. The molecule has 4 nitrogen and oxygen atoms in total. The lowest BCUT2D eigenvalue weighted by Gasteiger charge is -2.25. The maximum absolute atomic E-state index is 10.8. The fourth-order valence-corrected chi connectivity index (χ4v) is 0.786. The number of carbonyl (C=O) groups is 1. The lowest BCUT2D eigenvalue weighted by molar-refractivity contribution is -0.144. The summed E-state index contributed by atoms with van der Waals surface area (Å²) in [6, 6.07) is 0. The Morgan fingerprint density at radius 2 is 2.08 bits per heavy atom.